The highest BCUT2D eigenvalue weighted by Gasteiger charge is 2.07. The fourth-order valence-electron chi connectivity index (χ4n) is 1.96. The number of carbonyl (C=O) groups is 2. The Morgan fingerprint density at radius 2 is 1.73 bits per heavy atom. The zero-order chi connectivity index (χ0) is 16.1. The summed E-state index contributed by atoms with van der Waals surface area (Å²) in [6.07, 6.45) is 0. The lowest BCUT2D eigenvalue weighted by molar-refractivity contribution is 0.0948. The van der Waals surface area contributed by atoms with Crippen molar-refractivity contribution in [2.45, 2.75) is 13.5 Å². The first-order valence-corrected chi connectivity index (χ1v) is 7.52. The van der Waals surface area contributed by atoms with Crippen LogP contribution in [0.5, 0.6) is 5.75 Å². The molecule has 4 nitrogen and oxygen atoms in total. The van der Waals surface area contributed by atoms with Crippen molar-refractivity contribution < 1.29 is 14.3 Å². The Morgan fingerprint density at radius 1 is 1.09 bits per heavy atom. The van der Waals surface area contributed by atoms with Gasteiger partial charge in [0.2, 0.25) is 0 Å². The molecule has 114 valence electrons. The minimum absolute atomic E-state index is 0.0185. The second-order valence-corrected chi connectivity index (χ2v) is 5.64. The number of carbonyl (C=O) groups excluding carboxylic acids is 2. The topological polar surface area (TPSA) is 55.4 Å². The Hall–Kier alpha value is -2.14. The van der Waals surface area contributed by atoms with E-state index in [2.05, 4.69) is 21.2 Å². The molecule has 2 aromatic carbocycles. The lowest BCUT2D eigenvalue weighted by Crippen LogP contribution is -2.22. The number of hydrogen-bond acceptors (Lipinski definition) is 3. The van der Waals surface area contributed by atoms with Crippen LogP contribution in [0.15, 0.2) is 46.9 Å². The van der Waals surface area contributed by atoms with Crippen molar-refractivity contribution in [1.82, 2.24) is 5.32 Å². The van der Waals surface area contributed by atoms with Gasteiger partial charge in [-0.3, -0.25) is 9.59 Å². The number of methoxy groups -OCH3 is 1. The number of ether oxygens (including phenoxy) is 1. The SMILES string of the molecule is COc1ccc(CNC(=O)c2ccc(C(C)=O)cc2)cc1Br. The maximum absolute atomic E-state index is 12.1. The zero-order valence-electron chi connectivity index (χ0n) is 12.4. The molecule has 0 atom stereocenters. The van der Waals surface area contributed by atoms with Gasteiger partial charge in [-0.1, -0.05) is 18.2 Å². The number of hydrogen-bond donors (Lipinski definition) is 1. The number of rotatable bonds is 5. The molecule has 1 N–H and O–H groups in total. The predicted molar refractivity (Wildman–Crippen MR) is 88.3 cm³/mol. The molecule has 0 saturated carbocycles. The summed E-state index contributed by atoms with van der Waals surface area (Å²) in [5.41, 5.74) is 2.08. The molecule has 22 heavy (non-hydrogen) atoms. The number of nitrogens with one attached hydrogen (secondary N) is 1. The highest BCUT2D eigenvalue weighted by molar-refractivity contribution is 9.10. The molecule has 2 aromatic rings. The van der Waals surface area contributed by atoms with Crippen molar-refractivity contribution >= 4 is 27.6 Å². The number of benzene rings is 2. The van der Waals surface area contributed by atoms with Gasteiger partial charge in [0.05, 0.1) is 11.6 Å². The smallest absolute Gasteiger partial charge is 0.251 e. The molecular formula is C17H16BrNO3. The average molecular weight is 362 g/mol. The van der Waals surface area contributed by atoms with Gasteiger partial charge in [-0.15, -0.1) is 0 Å². The summed E-state index contributed by atoms with van der Waals surface area (Å²) in [5.74, 6) is 0.548. The summed E-state index contributed by atoms with van der Waals surface area (Å²) in [4.78, 5) is 23.3. The molecule has 0 unspecified atom stereocenters. The molecule has 0 aliphatic carbocycles. The van der Waals surface area contributed by atoms with E-state index in [-0.39, 0.29) is 11.7 Å². The first kappa shape index (κ1) is 16.2. The molecule has 2 rings (SSSR count). The Balaban J connectivity index is 2.00. The standard InChI is InChI=1S/C17H16BrNO3/c1-11(20)13-4-6-14(7-5-13)17(21)19-10-12-3-8-16(22-2)15(18)9-12/h3-9H,10H2,1-2H3,(H,19,21). The van der Waals surface area contributed by atoms with Gasteiger partial charge in [0.15, 0.2) is 5.78 Å². The third-order valence-corrected chi connectivity index (χ3v) is 3.84. The normalized spacial score (nSPS) is 10.1. The van der Waals surface area contributed by atoms with Crippen LogP contribution < -0.4 is 10.1 Å². The van der Waals surface area contributed by atoms with Gasteiger partial charge in [-0.25, -0.2) is 0 Å². The van der Waals surface area contributed by atoms with Crippen LogP contribution >= 0.6 is 15.9 Å². The third-order valence-electron chi connectivity index (χ3n) is 3.22. The van der Waals surface area contributed by atoms with Crippen molar-refractivity contribution in [2.24, 2.45) is 0 Å². The fraction of sp³-hybridized carbons (Fsp3) is 0.176. The minimum Gasteiger partial charge on any atom is -0.496 e. The first-order chi connectivity index (χ1) is 10.5. The molecule has 0 heterocycles. The second-order valence-electron chi connectivity index (χ2n) is 4.79. The summed E-state index contributed by atoms with van der Waals surface area (Å²) < 4.78 is 6.00. The molecular weight excluding hydrogens is 346 g/mol. The molecule has 5 heteroatoms. The summed E-state index contributed by atoms with van der Waals surface area (Å²) in [5, 5.41) is 2.84. The Kier molecular flexibility index (Phi) is 5.33. The average Bonchev–Trinajstić information content (AvgIpc) is 2.52. The van der Waals surface area contributed by atoms with Crippen LogP contribution in [0.4, 0.5) is 0 Å². The highest BCUT2D eigenvalue weighted by atomic mass is 79.9. The van der Waals surface area contributed by atoms with Crippen LogP contribution in [-0.2, 0) is 6.54 Å². The van der Waals surface area contributed by atoms with E-state index in [1.807, 2.05) is 18.2 Å². The van der Waals surface area contributed by atoms with E-state index in [0.717, 1.165) is 15.8 Å². The molecule has 1 amide bonds. The molecule has 0 aliphatic rings. The second kappa shape index (κ2) is 7.22. The summed E-state index contributed by atoms with van der Waals surface area (Å²) in [6.45, 7) is 1.91. The molecule has 0 aromatic heterocycles. The maximum atomic E-state index is 12.1. The summed E-state index contributed by atoms with van der Waals surface area (Å²) >= 11 is 3.41. The van der Waals surface area contributed by atoms with E-state index in [0.29, 0.717) is 17.7 Å². The molecule has 0 aliphatic heterocycles. The predicted octanol–water partition coefficient (Wildman–Crippen LogP) is 3.59. The lowest BCUT2D eigenvalue weighted by Gasteiger charge is -2.08. The van der Waals surface area contributed by atoms with Gasteiger partial charge >= 0.3 is 0 Å². The zero-order valence-corrected chi connectivity index (χ0v) is 13.9. The number of amides is 1. The van der Waals surface area contributed by atoms with Crippen LogP contribution in [0.3, 0.4) is 0 Å². The number of ketones is 1. The van der Waals surface area contributed by atoms with E-state index in [4.69, 9.17) is 4.74 Å². The van der Waals surface area contributed by atoms with Gasteiger partial charge in [0.1, 0.15) is 5.75 Å². The number of halogens is 1. The minimum atomic E-state index is -0.179. The molecule has 0 bridgehead atoms. The van der Waals surface area contributed by atoms with Crippen molar-refractivity contribution in [3.8, 4) is 5.75 Å². The highest BCUT2D eigenvalue weighted by Crippen LogP contribution is 2.25. The Labute approximate surface area is 137 Å². The van der Waals surface area contributed by atoms with Crippen molar-refractivity contribution in [3.05, 3.63) is 63.6 Å². The van der Waals surface area contributed by atoms with E-state index in [9.17, 15) is 9.59 Å². The van der Waals surface area contributed by atoms with E-state index in [1.54, 1.807) is 31.4 Å². The Morgan fingerprint density at radius 3 is 2.27 bits per heavy atom. The van der Waals surface area contributed by atoms with Crippen LogP contribution in [-0.4, -0.2) is 18.8 Å². The largest absolute Gasteiger partial charge is 0.496 e. The van der Waals surface area contributed by atoms with E-state index < -0.39 is 0 Å². The van der Waals surface area contributed by atoms with Crippen LogP contribution in [0.25, 0.3) is 0 Å². The lowest BCUT2D eigenvalue weighted by atomic mass is 10.1. The third kappa shape index (κ3) is 3.95. The van der Waals surface area contributed by atoms with Gasteiger partial charge in [0.25, 0.3) is 5.91 Å². The quantitative estimate of drug-likeness (QED) is 0.827. The van der Waals surface area contributed by atoms with Crippen LogP contribution in [0, 0.1) is 0 Å². The first-order valence-electron chi connectivity index (χ1n) is 6.73. The fourth-order valence-corrected chi connectivity index (χ4v) is 2.55. The Bertz CT molecular complexity index is 696. The molecule has 0 radical (unpaired) electrons. The monoisotopic (exact) mass is 361 g/mol. The summed E-state index contributed by atoms with van der Waals surface area (Å²) in [7, 11) is 1.60. The van der Waals surface area contributed by atoms with Crippen molar-refractivity contribution in [1.29, 1.82) is 0 Å². The van der Waals surface area contributed by atoms with Gasteiger partial charge < -0.3 is 10.1 Å². The van der Waals surface area contributed by atoms with Crippen LogP contribution in [0.1, 0.15) is 33.2 Å². The van der Waals surface area contributed by atoms with Gasteiger partial charge in [0, 0.05) is 17.7 Å². The van der Waals surface area contributed by atoms with Gasteiger partial charge in [-0.05, 0) is 52.7 Å². The number of Topliss-reactive ketones (excluding diaryl/α,β-unsaturated/α-hetero) is 1. The molecule has 0 spiro atoms. The molecule has 0 fully saturated rings. The van der Waals surface area contributed by atoms with E-state index >= 15 is 0 Å². The maximum Gasteiger partial charge on any atom is 0.251 e. The summed E-state index contributed by atoms with van der Waals surface area (Å²) in [6, 6.07) is 12.2. The molecule has 0 saturated heterocycles. The van der Waals surface area contributed by atoms with Crippen molar-refractivity contribution in [2.75, 3.05) is 7.11 Å². The van der Waals surface area contributed by atoms with E-state index in [1.165, 1.54) is 6.92 Å². The van der Waals surface area contributed by atoms with Gasteiger partial charge in [-0.2, -0.15) is 0 Å². The van der Waals surface area contributed by atoms with Crippen molar-refractivity contribution in [3.63, 3.8) is 0 Å². The van der Waals surface area contributed by atoms with Crippen LogP contribution in [0.2, 0.25) is 0 Å².